The quantitative estimate of drug-likeness (QED) is 0.516. The Bertz CT molecular complexity index is 890. The van der Waals surface area contributed by atoms with Crippen LogP contribution in [0.3, 0.4) is 0 Å². The summed E-state index contributed by atoms with van der Waals surface area (Å²) in [5, 5.41) is 4.89. The number of amides is 1. The number of benzene rings is 2. The van der Waals surface area contributed by atoms with Crippen LogP contribution in [0, 0.1) is 6.92 Å². The van der Waals surface area contributed by atoms with Crippen LogP contribution in [-0.2, 0) is 4.74 Å². The highest BCUT2D eigenvalue weighted by atomic mass is 32.1. The van der Waals surface area contributed by atoms with Crippen molar-refractivity contribution in [3.8, 4) is 0 Å². The number of anilines is 2. The number of ether oxygens (including phenoxy) is 1. The summed E-state index contributed by atoms with van der Waals surface area (Å²) in [6, 6.07) is 19.8. The fraction of sp³-hybridized carbons (Fsp3) is 0.261. The predicted octanol–water partition coefficient (Wildman–Crippen LogP) is 6.24. The fourth-order valence-corrected chi connectivity index (χ4v) is 3.96. The van der Waals surface area contributed by atoms with Crippen molar-refractivity contribution >= 4 is 28.8 Å². The number of carbonyl (C=O) groups excluding carboxylic acids is 1. The molecule has 2 aromatic carbocycles. The molecule has 0 saturated heterocycles. The van der Waals surface area contributed by atoms with Crippen LogP contribution in [0.2, 0.25) is 0 Å². The summed E-state index contributed by atoms with van der Waals surface area (Å²) >= 11 is 1.58. The highest BCUT2D eigenvalue weighted by molar-refractivity contribution is 7.10. The lowest BCUT2D eigenvalue weighted by Crippen LogP contribution is -2.22. The number of aryl methyl sites for hydroxylation is 1. The van der Waals surface area contributed by atoms with Crippen LogP contribution in [0.5, 0.6) is 0 Å². The van der Waals surface area contributed by atoms with Gasteiger partial charge >= 0.3 is 6.09 Å². The lowest BCUT2D eigenvalue weighted by atomic mass is 10.1. The number of hydrogen-bond acceptors (Lipinski definition) is 4. The summed E-state index contributed by atoms with van der Waals surface area (Å²) in [5.41, 5.74) is 3.88. The Morgan fingerprint density at radius 2 is 1.82 bits per heavy atom. The Kier molecular flexibility index (Phi) is 6.71. The molecule has 0 saturated carbocycles. The Labute approximate surface area is 170 Å². The molecule has 4 nitrogen and oxygen atoms in total. The Morgan fingerprint density at radius 3 is 2.43 bits per heavy atom. The molecular formula is C23H26N2O2S. The zero-order valence-corrected chi connectivity index (χ0v) is 17.3. The van der Waals surface area contributed by atoms with E-state index < -0.39 is 12.2 Å². The summed E-state index contributed by atoms with van der Waals surface area (Å²) < 4.78 is 5.81. The van der Waals surface area contributed by atoms with Crippen LogP contribution >= 0.6 is 11.3 Å². The number of rotatable bonds is 7. The molecule has 1 amide bonds. The van der Waals surface area contributed by atoms with Gasteiger partial charge in [-0.05, 0) is 61.5 Å². The van der Waals surface area contributed by atoms with E-state index in [1.54, 1.807) is 11.3 Å². The second kappa shape index (κ2) is 9.42. The summed E-state index contributed by atoms with van der Waals surface area (Å²) in [6.45, 7) is 8.17. The third kappa shape index (κ3) is 4.73. The molecule has 1 unspecified atom stereocenters. The van der Waals surface area contributed by atoms with Gasteiger partial charge in [-0.2, -0.15) is 0 Å². The van der Waals surface area contributed by atoms with Gasteiger partial charge in [0.1, 0.15) is 0 Å². The topological polar surface area (TPSA) is 41.6 Å². The Balaban J connectivity index is 1.75. The van der Waals surface area contributed by atoms with E-state index in [1.165, 1.54) is 0 Å². The van der Waals surface area contributed by atoms with Crippen LogP contribution in [-0.4, -0.2) is 19.2 Å². The van der Waals surface area contributed by atoms with E-state index in [4.69, 9.17) is 4.74 Å². The lowest BCUT2D eigenvalue weighted by molar-refractivity contribution is 0.132. The summed E-state index contributed by atoms with van der Waals surface area (Å²) in [5.74, 6) is 0. The van der Waals surface area contributed by atoms with Crippen molar-refractivity contribution in [1.29, 1.82) is 0 Å². The van der Waals surface area contributed by atoms with Gasteiger partial charge in [-0.15, -0.1) is 11.3 Å². The monoisotopic (exact) mass is 394 g/mol. The van der Waals surface area contributed by atoms with Crippen molar-refractivity contribution < 1.29 is 9.53 Å². The first-order valence-electron chi connectivity index (χ1n) is 9.54. The third-order valence-electron chi connectivity index (χ3n) is 4.70. The number of hydrogen-bond donors (Lipinski definition) is 1. The number of nitrogens with zero attached hydrogens (tertiary/aromatic N) is 1. The highest BCUT2D eigenvalue weighted by Crippen LogP contribution is 2.30. The first-order valence-corrected chi connectivity index (χ1v) is 10.4. The number of carbonyl (C=O) groups is 1. The standard InChI is InChI=1S/C23H26N2O2S/c1-4-25(5-2)19-13-14-20(17(3)16-19)24-23(26)27-22(21-12-9-15-28-21)18-10-7-6-8-11-18/h6-16,22H,4-5H2,1-3H3,(H,24,26). The van der Waals surface area contributed by atoms with E-state index in [2.05, 4.69) is 30.1 Å². The zero-order valence-electron chi connectivity index (χ0n) is 16.5. The van der Waals surface area contributed by atoms with Crippen molar-refractivity contribution in [3.63, 3.8) is 0 Å². The van der Waals surface area contributed by atoms with Crippen LogP contribution in [0.4, 0.5) is 16.2 Å². The minimum atomic E-state index is -0.457. The minimum absolute atomic E-state index is 0.420. The molecule has 0 aliphatic heterocycles. The number of nitrogens with one attached hydrogen (secondary N) is 1. The molecule has 1 atom stereocenters. The van der Waals surface area contributed by atoms with E-state index in [1.807, 2.05) is 66.9 Å². The van der Waals surface area contributed by atoms with E-state index in [-0.39, 0.29) is 0 Å². The second-order valence-electron chi connectivity index (χ2n) is 6.51. The van der Waals surface area contributed by atoms with E-state index in [9.17, 15) is 4.79 Å². The smallest absolute Gasteiger partial charge is 0.412 e. The summed E-state index contributed by atoms with van der Waals surface area (Å²) in [4.78, 5) is 15.9. The third-order valence-corrected chi connectivity index (χ3v) is 5.62. The zero-order chi connectivity index (χ0) is 19.9. The maximum Gasteiger partial charge on any atom is 0.412 e. The van der Waals surface area contributed by atoms with Crippen molar-refractivity contribution in [2.75, 3.05) is 23.3 Å². The Morgan fingerprint density at radius 1 is 1.07 bits per heavy atom. The van der Waals surface area contributed by atoms with Crippen LogP contribution < -0.4 is 10.2 Å². The minimum Gasteiger partial charge on any atom is -0.435 e. The average molecular weight is 395 g/mol. The summed E-state index contributed by atoms with van der Waals surface area (Å²) in [6.07, 6.45) is -0.877. The van der Waals surface area contributed by atoms with Crippen molar-refractivity contribution in [1.82, 2.24) is 0 Å². The second-order valence-corrected chi connectivity index (χ2v) is 7.49. The van der Waals surface area contributed by atoms with Gasteiger partial charge < -0.3 is 9.64 Å². The first kappa shape index (κ1) is 20.0. The van der Waals surface area contributed by atoms with E-state index in [0.717, 1.165) is 40.5 Å². The van der Waals surface area contributed by atoms with Crippen molar-refractivity contribution in [2.45, 2.75) is 26.9 Å². The van der Waals surface area contributed by atoms with E-state index in [0.29, 0.717) is 0 Å². The van der Waals surface area contributed by atoms with Crippen molar-refractivity contribution in [3.05, 3.63) is 82.0 Å². The summed E-state index contributed by atoms with van der Waals surface area (Å²) in [7, 11) is 0. The lowest BCUT2D eigenvalue weighted by Gasteiger charge is -2.22. The largest absolute Gasteiger partial charge is 0.435 e. The molecule has 0 aliphatic rings. The van der Waals surface area contributed by atoms with Crippen LogP contribution in [0.15, 0.2) is 66.0 Å². The molecule has 3 rings (SSSR count). The molecule has 0 bridgehead atoms. The predicted molar refractivity (Wildman–Crippen MR) is 117 cm³/mol. The van der Waals surface area contributed by atoms with E-state index >= 15 is 0 Å². The van der Waals surface area contributed by atoms with Gasteiger partial charge in [0, 0.05) is 29.3 Å². The molecule has 1 aromatic heterocycles. The maximum atomic E-state index is 12.6. The molecule has 1 N–H and O–H groups in total. The maximum absolute atomic E-state index is 12.6. The fourth-order valence-electron chi connectivity index (χ4n) is 3.18. The van der Waals surface area contributed by atoms with Gasteiger partial charge in [-0.25, -0.2) is 4.79 Å². The SMILES string of the molecule is CCN(CC)c1ccc(NC(=O)OC(c2ccccc2)c2cccs2)c(C)c1. The molecule has 5 heteroatoms. The molecule has 3 aromatic rings. The first-order chi connectivity index (χ1) is 13.6. The molecule has 0 fully saturated rings. The molecule has 146 valence electrons. The van der Waals surface area contributed by atoms with Gasteiger partial charge in [0.2, 0.25) is 0 Å². The highest BCUT2D eigenvalue weighted by Gasteiger charge is 2.20. The van der Waals surface area contributed by atoms with Gasteiger partial charge in [-0.3, -0.25) is 5.32 Å². The number of thiophene rings is 1. The van der Waals surface area contributed by atoms with Crippen LogP contribution in [0.1, 0.15) is 36.0 Å². The average Bonchev–Trinajstić information content (AvgIpc) is 3.24. The molecular weight excluding hydrogens is 368 g/mol. The van der Waals surface area contributed by atoms with Gasteiger partial charge in [0.15, 0.2) is 6.10 Å². The van der Waals surface area contributed by atoms with Gasteiger partial charge in [-0.1, -0.05) is 36.4 Å². The molecule has 0 radical (unpaired) electrons. The molecule has 0 aliphatic carbocycles. The molecule has 0 spiro atoms. The molecule has 28 heavy (non-hydrogen) atoms. The normalized spacial score (nSPS) is 11.7. The van der Waals surface area contributed by atoms with Crippen molar-refractivity contribution in [2.24, 2.45) is 0 Å². The van der Waals surface area contributed by atoms with Gasteiger partial charge in [0.25, 0.3) is 0 Å². The van der Waals surface area contributed by atoms with Crippen LogP contribution in [0.25, 0.3) is 0 Å². The van der Waals surface area contributed by atoms with Gasteiger partial charge in [0.05, 0.1) is 0 Å². The molecule has 1 heterocycles. The Hall–Kier alpha value is -2.79.